The van der Waals surface area contributed by atoms with Crippen LogP contribution in [0.15, 0.2) is 24.3 Å². The van der Waals surface area contributed by atoms with E-state index in [1.54, 1.807) is 12.1 Å². The van der Waals surface area contributed by atoms with Crippen molar-refractivity contribution in [1.82, 2.24) is 10.2 Å². The van der Waals surface area contributed by atoms with Crippen LogP contribution < -0.4 is 5.32 Å². The Labute approximate surface area is 127 Å². The van der Waals surface area contributed by atoms with Crippen molar-refractivity contribution in [3.8, 4) is 0 Å². The molecule has 2 rings (SSSR count). The van der Waals surface area contributed by atoms with Crippen LogP contribution in [0, 0.1) is 11.7 Å². The minimum absolute atomic E-state index is 0.251. The third kappa shape index (κ3) is 5.06. The number of aliphatic hydroxyl groups excluding tert-OH is 1. The van der Waals surface area contributed by atoms with E-state index in [4.69, 9.17) is 0 Å². The van der Waals surface area contributed by atoms with Gasteiger partial charge < -0.3 is 15.3 Å². The second-order valence-electron chi connectivity index (χ2n) is 6.28. The zero-order valence-corrected chi connectivity index (χ0v) is 13.1. The lowest BCUT2D eigenvalue weighted by molar-refractivity contribution is 0.0590. The fraction of sp³-hybridized carbons (Fsp3) is 0.647. The van der Waals surface area contributed by atoms with E-state index in [1.807, 2.05) is 0 Å². The molecule has 3 nitrogen and oxygen atoms in total. The van der Waals surface area contributed by atoms with Gasteiger partial charge in [0.15, 0.2) is 0 Å². The molecule has 118 valence electrons. The molecule has 0 radical (unpaired) electrons. The molecule has 2 N–H and O–H groups in total. The standard InChI is InChI=1S/C17H27FN2O/c1-13(2)19-9-12-20-10-7-15(8-11-20)17(21)14-3-5-16(18)6-4-14/h3-6,13,15,17,19,21H,7-12H2,1-2H3/t17-/m1/s1. The normalized spacial score (nSPS) is 19.1. The number of aliphatic hydroxyl groups is 1. The summed E-state index contributed by atoms with van der Waals surface area (Å²) >= 11 is 0. The highest BCUT2D eigenvalue weighted by Gasteiger charge is 2.25. The van der Waals surface area contributed by atoms with Crippen LogP contribution in [-0.4, -0.2) is 42.2 Å². The molecule has 1 aliphatic rings. The molecule has 1 aromatic carbocycles. The van der Waals surface area contributed by atoms with Gasteiger partial charge >= 0.3 is 0 Å². The van der Waals surface area contributed by atoms with Crippen molar-refractivity contribution in [2.45, 2.75) is 38.8 Å². The highest BCUT2D eigenvalue weighted by atomic mass is 19.1. The fourth-order valence-electron chi connectivity index (χ4n) is 2.94. The number of rotatable bonds is 6. The maximum atomic E-state index is 12.9. The number of benzene rings is 1. The first-order valence-electron chi connectivity index (χ1n) is 7.95. The molecule has 0 aliphatic carbocycles. The second kappa shape index (κ2) is 7.87. The minimum Gasteiger partial charge on any atom is -0.388 e. The van der Waals surface area contributed by atoms with Crippen LogP contribution in [0.1, 0.15) is 38.4 Å². The van der Waals surface area contributed by atoms with Crippen LogP contribution in [0.3, 0.4) is 0 Å². The van der Waals surface area contributed by atoms with E-state index in [9.17, 15) is 9.50 Å². The molecule has 4 heteroatoms. The molecule has 1 atom stereocenters. The zero-order valence-electron chi connectivity index (χ0n) is 13.1. The summed E-state index contributed by atoms with van der Waals surface area (Å²) < 4.78 is 12.9. The summed E-state index contributed by atoms with van der Waals surface area (Å²) in [6.45, 7) is 8.46. The predicted molar refractivity (Wildman–Crippen MR) is 83.7 cm³/mol. The summed E-state index contributed by atoms with van der Waals surface area (Å²) in [5.41, 5.74) is 0.830. The number of hydrogen-bond acceptors (Lipinski definition) is 3. The third-order valence-corrected chi connectivity index (χ3v) is 4.27. The lowest BCUT2D eigenvalue weighted by Crippen LogP contribution is -2.40. The number of likely N-dealkylation sites (tertiary alicyclic amines) is 1. The topological polar surface area (TPSA) is 35.5 Å². The van der Waals surface area contributed by atoms with Gasteiger partial charge in [-0.25, -0.2) is 4.39 Å². The first-order chi connectivity index (χ1) is 10.1. The number of piperidine rings is 1. The lowest BCUT2D eigenvalue weighted by Gasteiger charge is -2.34. The molecule has 1 aliphatic heterocycles. The molecule has 0 amide bonds. The maximum absolute atomic E-state index is 12.9. The number of hydrogen-bond donors (Lipinski definition) is 2. The quantitative estimate of drug-likeness (QED) is 0.846. The van der Waals surface area contributed by atoms with E-state index in [0.29, 0.717) is 6.04 Å². The van der Waals surface area contributed by atoms with Crippen molar-refractivity contribution in [3.05, 3.63) is 35.6 Å². The number of halogens is 1. The van der Waals surface area contributed by atoms with Crippen molar-refractivity contribution in [2.75, 3.05) is 26.2 Å². The SMILES string of the molecule is CC(C)NCCN1CCC([C@H](O)c2ccc(F)cc2)CC1. The highest BCUT2D eigenvalue weighted by Crippen LogP contribution is 2.30. The van der Waals surface area contributed by atoms with Crippen molar-refractivity contribution in [1.29, 1.82) is 0 Å². The van der Waals surface area contributed by atoms with Crippen LogP contribution in [0.2, 0.25) is 0 Å². The van der Waals surface area contributed by atoms with Gasteiger partial charge in [0.2, 0.25) is 0 Å². The first-order valence-corrected chi connectivity index (χ1v) is 7.95. The summed E-state index contributed by atoms with van der Waals surface area (Å²) in [4.78, 5) is 2.45. The Balaban J connectivity index is 1.76. The first kappa shape index (κ1) is 16.4. The molecule has 0 bridgehead atoms. The summed E-state index contributed by atoms with van der Waals surface area (Å²) in [5, 5.41) is 13.8. The summed E-state index contributed by atoms with van der Waals surface area (Å²) in [6, 6.07) is 6.76. The van der Waals surface area contributed by atoms with Gasteiger partial charge in [-0.05, 0) is 49.5 Å². The molecule has 0 saturated carbocycles. The Kier molecular flexibility index (Phi) is 6.15. The van der Waals surface area contributed by atoms with Gasteiger partial charge in [0, 0.05) is 19.1 Å². The molecule has 1 saturated heterocycles. The van der Waals surface area contributed by atoms with Crippen LogP contribution in [0.4, 0.5) is 4.39 Å². The molecule has 0 spiro atoms. The van der Waals surface area contributed by atoms with Gasteiger partial charge in [-0.3, -0.25) is 0 Å². The average Bonchev–Trinajstić information content (AvgIpc) is 2.48. The average molecular weight is 294 g/mol. The number of nitrogens with zero attached hydrogens (tertiary/aromatic N) is 1. The van der Waals surface area contributed by atoms with Crippen molar-refractivity contribution >= 4 is 0 Å². The Morgan fingerprint density at radius 2 is 1.86 bits per heavy atom. The molecule has 0 aromatic heterocycles. The van der Waals surface area contributed by atoms with Gasteiger partial charge in [0.25, 0.3) is 0 Å². The van der Waals surface area contributed by atoms with Crippen molar-refractivity contribution in [2.24, 2.45) is 5.92 Å². The molecule has 1 aromatic rings. The van der Waals surface area contributed by atoms with E-state index >= 15 is 0 Å². The van der Waals surface area contributed by atoms with E-state index in [-0.39, 0.29) is 11.7 Å². The number of nitrogens with one attached hydrogen (secondary N) is 1. The summed E-state index contributed by atoms with van der Waals surface area (Å²) in [7, 11) is 0. The van der Waals surface area contributed by atoms with E-state index in [1.165, 1.54) is 12.1 Å². The lowest BCUT2D eigenvalue weighted by atomic mass is 9.87. The second-order valence-corrected chi connectivity index (χ2v) is 6.28. The van der Waals surface area contributed by atoms with Crippen molar-refractivity contribution in [3.63, 3.8) is 0 Å². The molecule has 21 heavy (non-hydrogen) atoms. The zero-order chi connectivity index (χ0) is 15.2. The Morgan fingerprint density at radius 1 is 1.24 bits per heavy atom. The van der Waals surface area contributed by atoms with Crippen LogP contribution >= 0.6 is 0 Å². The van der Waals surface area contributed by atoms with Crippen LogP contribution in [0.5, 0.6) is 0 Å². The van der Waals surface area contributed by atoms with Gasteiger partial charge in [0.05, 0.1) is 6.10 Å². The largest absolute Gasteiger partial charge is 0.388 e. The molecule has 0 unspecified atom stereocenters. The highest BCUT2D eigenvalue weighted by molar-refractivity contribution is 5.19. The Morgan fingerprint density at radius 3 is 2.43 bits per heavy atom. The predicted octanol–water partition coefficient (Wildman–Crippen LogP) is 2.57. The Hall–Kier alpha value is -0.970. The molecule has 1 fully saturated rings. The van der Waals surface area contributed by atoms with Crippen LogP contribution in [0.25, 0.3) is 0 Å². The monoisotopic (exact) mass is 294 g/mol. The van der Waals surface area contributed by atoms with Gasteiger partial charge in [-0.1, -0.05) is 26.0 Å². The fourth-order valence-corrected chi connectivity index (χ4v) is 2.94. The maximum Gasteiger partial charge on any atom is 0.123 e. The van der Waals surface area contributed by atoms with E-state index in [2.05, 4.69) is 24.1 Å². The molecular weight excluding hydrogens is 267 g/mol. The third-order valence-electron chi connectivity index (χ3n) is 4.27. The van der Waals surface area contributed by atoms with Crippen LogP contribution in [-0.2, 0) is 0 Å². The summed E-state index contributed by atoms with van der Waals surface area (Å²) in [6.07, 6.45) is 1.53. The minimum atomic E-state index is -0.471. The van der Waals surface area contributed by atoms with Crippen molar-refractivity contribution < 1.29 is 9.50 Å². The van der Waals surface area contributed by atoms with E-state index in [0.717, 1.165) is 44.6 Å². The van der Waals surface area contributed by atoms with Gasteiger partial charge in [0.1, 0.15) is 5.82 Å². The smallest absolute Gasteiger partial charge is 0.123 e. The van der Waals surface area contributed by atoms with E-state index < -0.39 is 6.10 Å². The van der Waals surface area contributed by atoms with Gasteiger partial charge in [-0.2, -0.15) is 0 Å². The molecular formula is C17H27FN2O. The summed E-state index contributed by atoms with van der Waals surface area (Å²) in [5.74, 6) is 0.0307. The molecule has 1 heterocycles. The van der Waals surface area contributed by atoms with Gasteiger partial charge in [-0.15, -0.1) is 0 Å². The Bertz CT molecular complexity index is 413.